The molecule has 2 aromatic rings. The molecular formula is C17H15FO2. The topological polar surface area (TPSA) is 37.3 Å². The summed E-state index contributed by atoms with van der Waals surface area (Å²) in [5, 5.41) is 10.2. The summed E-state index contributed by atoms with van der Waals surface area (Å²) in [5.74, 6) is -0.623. The molecule has 0 saturated heterocycles. The summed E-state index contributed by atoms with van der Waals surface area (Å²) >= 11 is 0. The molecule has 0 aliphatic heterocycles. The molecule has 102 valence electrons. The molecule has 0 spiro atoms. The summed E-state index contributed by atoms with van der Waals surface area (Å²) in [6.45, 7) is 1.91. The highest BCUT2D eigenvalue weighted by molar-refractivity contribution is 6.07. The maximum Gasteiger partial charge on any atom is 0.207 e. The zero-order valence-corrected chi connectivity index (χ0v) is 11.1. The number of hydrogen-bond acceptors (Lipinski definition) is 2. The van der Waals surface area contributed by atoms with E-state index in [0.29, 0.717) is 11.1 Å². The van der Waals surface area contributed by atoms with Crippen LogP contribution in [0.1, 0.15) is 33.2 Å². The largest absolute Gasteiger partial charge is 0.385 e. The van der Waals surface area contributed by atoms with Crippen molar-refractivity contribution in [3.8, 4) is 0 Å². The van der Waals surface area contributed by atoms with Gasteiger partial charge in [-0.05, 0) is 18.1 Å². The number of hydrogen-bond donors (Lipinski definition) is 1. The highest BCUT2D eigenvalue weighted by Crippen LogP contribution is 2.43. The molecule has 0 saturated carbocycles. The third kappa shape index (κ3) is 1.86. The molecule has 0 radical (unpaired) electrons. The van der Waals surface area contributed by atoms with Crippen LogP contribution >= 0.6 is 0 Å². The SMILES string of the molecule is Cc1cccc(CC2(F)C(=O)c3ccccc3C2O)c1. The van der Waals surface area contributed by atoms with Crippen molar-refractivity contribution in [3.63, 3.8) is 0 Å². The number of benzene rings is 2. The van der Waals surface area contributed by atoms with Gasteiger partial charge in [0.1, 0.15) is 6.10 Å². The van der Waals surface area contributed by atoms with E-state index < -0.39 is 17.6 Å². The summed E-state index contributed by atoms with van der Waals surface area (Å²) in [6, 6.07) is 13.9. The van der Waals surface area contributed by atoms with Crippen molar-refractivity contribution in [2.24, 2.45) is 0 Å². The van der Waals surface area contributed by atoms with Gasteiger partial charge in [-0.25, -0.2) is 4.39 Å². The number of aryl methyl sites for hydroxylation is 1. The van der Waals surface area contributed by atoms with Crippen LogP contribution in [-0.4, -0.2) is 16.6 Å². The van der Waals surface area contributed by atoms with Crippen molar-refractivity contribution in [1.29, 1.82) is 0 Å². The molecule has 2 unspecified atom stereocenters. The number of ketones is 1. The van der Waals surface area contributed by atoms with Crippen molar-refractivity contribution in [3.05, 3.63) is 70.8 Å². The summed E-state index contributed by atoms with van der Waals surface area (Å²) in [7, 11) is 0. The first-order valence-electron chi connectivity index (χ1n) is 6.58. The number of alkyl halides is 1. The van der Waals surface area contributed by atoms with Gasteiger partial charge in [0.2, 0.25) is 11.5 Å². The molecule has 1 aliphatic rings. The minimum atomic E-state index is -2.27. The van der Waals surface area contributed by atoms with Crippen molar-refractivity contribution in [2.75, 3.05) is 0 Å². The Morgan fingerprint density at radius 2 is 1.95 bits per heavy atom. The summed E-state index contributed by atoms with van der Waals surface area (Å²) < 4.78 is 15.1. The van der Waals surface area contributed by atoms with Gasteiger partial charge >= 0.3 is 0 Å². The van der Waals surface area contributed by atoms with Gasteiger partial charge in [-0.15, -0.1) is 0 Å². The predicted octanol–water partition coefficient (Wildman–Crippen LogP) is 3.18. The molecule has 1 aliphatic carbocycles. The summed E-state index contributed by atoms with van der Waals surface area (Å²) in [4.78, 5) is 12.3. The zero-order chi connectivity index (χ0) is 14.3. The van der Waals surface area contributed by atoms with E-state index in [-0.39, 0.29) is 12.0 Å². The van der Waals surface area contributed by atoms with Crippen LogP contribution in [0.2, 0.25) is 0 Å². The van der Waals surface area contributed by atoms with E-state index in [1.54, 1.807) is 30.3 Å². The van der Waals surface area contributed by atoms with Gasteiger partial charge in [-0.1, -0.05) is 54.1 Å². The van der Waals surface area contributed by atoms with E-state index in [2.05, 4.69) is 0 Å². The third-order valence-electron chi connectivity index (χ3n) is 3.85. The minimum absolute atomic E-state index is 0.108. The average molecular weight is 270 g/mol. The fourth-order valence-electron chi connectivity index (χ4n) is 2.83. The Balaban J connectivity index is 2.00. The molecule has 2 aromatic carbocycles. The molecule has 2 nitrogen and oxygen atoms in total. The first-order chi connectivity index (χ1) is 9.52. The lowest BCUT2D eigenvalue weighted by molar-refractivity contribution is 0.0100. The van der Waals surface area contributed by atoms with Crippen LogP contribution in [0, 0.1) is 6.92 Å². The number of fused-ring (bicyclic) bond motifs is 1. The quantitative estimate of drug-likeness (QED) is 0.910. The number of aliphatic hydroxyl groups is 1. The Morgan fingerprint density at radius 1 is 1.20 bits per heavy atom. The molecule has 2 atom stereocenters. The van der Waals surface area contributed by atoms with E-state index in [9.17, 15) is 9.90 Å². The highest BCUT2D eigenvalue weighted by atomic mass is 19.1. The Labute approximate surface area is 116 Å². The number of Topliss-reactive ketones (excluding diaryl/α,β-unsaturated/α-hetero) is 1. The van der Waals surface area contributed by atoms with E-state index in [4.69, 9.17) is 0 Å². The molecule has 0 bridgehead atoms. The van der Waals surface area contributed by atoms with Crippen LogP contribution < -0.4 is 0 Å². The van der Waals surface area contributed by atoms with Crippen molar-refractivity contribution in [1.82, 2.24) is 0 Å². The van der Waals surface area contributed by atoms with Crippen molar-refractivity contribution < 1.29 is 14.3 Å². The molecule has 0 fully saturated rings. The van der Waals surface area contributed by atoms with Crippen molar-refractivity contribution >= 4 is 5.78 Å². The van der Waals surface area contributed by atoms with Gasteiger partial charge in [-0.2, -0.15) is 0 Å². The maximum absolute atomic E-state index is 15.1. The zero-order valence-electron chi connectivity index (χ0n) is 11.1. The van der Waals surface area contributed by atoms with Crippen LogP contribution in [0.4, 0.5) is 4.39 Å². The molecule has 0 heterocycles. The van der Waals surface area contributed by atoms with Crippen LogP contribution in [-0.2, 0) is 6.42 Å². The minimum Gasteiger partial charge on any atom is -0.385 e. The number of rotatable bonds is 2. The van der Waals surface area contributed by atoms with Crippen molar-refractivity contribution in [2.45, 2.75) is 25.1 Å². The Kier molecular flexibility index (Phi) is 2.94. The third-order valence-corrected chi connectivity index (χ3v) is 3.85. The number of aliphatic hydroxyl groups excluding tert-OH is 1. The average Bonchev–Trinajstić information content (AvgIpc) is 2.62. The van der Waals surface area contributed by atoms with Gasteiger partial charge in [0.05, 0.1) is 0 Å². The second-order valence-electron chi connectivity index (χ2n) is 5.35. The molecule has 3 heteroatoms. The molecule has 3 rings (SSSR count). The Morgan fingerprint density at radius 3 is 2.65 bits per heavy atom. The van der Waals surface area contributed by atoms with Crippen LogP contribution in [0.15, 0.2) is 48.5 Å². The van der Waals surface area contributed by atoms with Gasteiger partial charge in [0.15, 0.2) is 0 Å². The lowest BCUT2D eigenvalue weighted by Gasteiger charge is -2.22. The van der Waals surface area contributed by atoms with Crippen LogP contribution in [0.5, 0.6) is 0 Å². The normalized spacial score (nSPS) is 24.8. The number of carbonyl (C=O) groups excluding carboxylic acids is 1. The standard InChI is InChI=1S/C17H15FO2/c1-11-5-4-6-12(9-11)10-17(18)15(19)13-7-2-3-8-14(13)16(17)20/h2-9,15,19H,10H2,1H3. The van der Waals surface area contributed by atoms with Gasteiger partial charge < -0.3 is 5.11 Å². The van der Waals surface area contributed by atoms with Gasteiger partial charge in [0.25, 0.3) is 0 Å². The Hall–Kier alpha value is -2.00. The van der Waals surface area contributed by atoms with E-state index in [0.717, 1.165) is 5.56 Å². The smallest absolute Gasteiger partial charge is 0.207 e. The van der Waals surface area contributed by atoms with E-state index in [1.165, 1.54) is 0 Å². The Bertz CT molecular complexity index is 680. The first kappa shape index (κ1) is 13.0. The molecular weight excluding hydrogens is 255 g/mol. The van der Waals surface area contributed by atoms with E-state index >= 15 is 4.39 Å². The summed E-state index contributed by atoms with van der Waals surface area (Å²) in [5.41, 5.74) is 0.122. The monoisotopic (exact) mass is 270 g/mol. The first-order valence-corrected chi connectivity index (χ1v) is 6.58. The second kappa shape index (κ2) is 4.53. The lowest BCUT2D eigenvalue weighted by atomic mass is 9.90. The second-order valence-corrected chi connectivity index (χ2v) is 5.35. The fourth-order valence-corrected chi connectivity index (χ4v) is 2.83. The van der Waals surface area contributed by atoms with Gasteiger partial charge in [-0.3, -0.25) is 4.79 Å². The van der Waals surface area contributed by atoms with Crippen LogP contribution in [0.3, 0.4) is 0 Å². The molecule has 0 aromatic heterocycles. The number of carbonyl (C=O) groups is 1. The number of halogens is 1. The van der Waals surface area contributed by atoms with E-state index in [1.807, 2.05) is 25.1 Å². The molecule has 20 heavy (non-hydrogen) atoms. The lowest BCUT2D eigenvalue weighted by Crippen LogP contribution is -2.36. The summed E-state index contributed by atoms with van der Waals surface area (Å²) in [6.07, 6.45) is -1.50. The van der Waals surface area contributed by atoms with Gasteiger partial charge in [0, 0.05) is 12.0 Å². The maximum atomic E-state index is 15.1. The molecule has 1 N–H and O–H groups in total. The predicted molar refractivity (Wildman–Crippen MR) is 74.5 cm³/mol. The van der Waals surface area contributed by atoms with Crippen LogP contribution in [0.25, 0.3) is 0 Å². The fraction of sp³-hybridized carbons (Fsp3) is 0.235. The molecule has 0 amide bonds. The highest BCUT2D eigenvalue weighted by Gasteiger charge is 2.53.